The van der Waals surface area contributed by atoms with Gasteiger partial charge in [0.05, 0.1) is 5.92 Å². The van der Waals surface area contributed by atoms with Gasteiger partial charge in [-0.05, 0) is 31.2 Å². The minimum atomic E-state index is -0.0715. The van der Waals surface area contributed by atoms with Gasteiger partial charge in [0.25, 0.3) is 0 Å². The summed E-state index contributed by atoms with van der Waals surface area (Å²) in [5, 5.41) is 8.89. The van der Waals surface area contributed by atoms with E-state index in [1.54, 1.807) is 6.07 Å². The van der Waals surface area contributed by atoms with E-state index in [4.69, 9.17) is 0 Å². The largest absolute Gasteiger partial charge is 0.326 e. The molecule has 1 aliphatic rings. The maximum absolute atomic E-state index is 12.0. The molecule has 1 atom stereocenters. The summed E-state index contributed by atoms with van der Waals surface area (Å²) in [4.78, 5) is 23.7. The minimum absolute atomic E-state index is 0.0299. The average molecular weight is 275 g/mol. The van der Waals surface area contributed by atoms with Gasteiger partial charge < -0.3 is 16.0 Å². The molecule has 0 radical (unpaired) electrons. The van der Waals surface area contributed by atoms with E-state index in [2.05, 4.69) is 16.0 Å². The van der Waals surface area contributed by atoms with Gasteiger partial charge in [0, 0.05) is 23.8 Å². The number of benzene rings is 1. The number of hydrogen-bond donors (Lipinski definition) is 3. The van der Waals surface area contributed by atoms with Crippen LogP contribution in [0, 0.1) is 11.8 Å². The lowest BCUT2D eigenvalue weighted by molar-refractivity contribution is -0.119. The first-order valence-electron chi connectivity index (χ1n) is 6.99. The quantitative estimate of drug-likeness (QED) is 0.785. The molecule has 2 rings (SSSR count). The molecule has 1 heterocycles. The smallest absolute Gasteiger partial charge is 0.228 e. The summed E-state index contributed by atoms with van der Waals surface area (Å²) in [5.74, 6) is -0.0440. The Morgan fingerprint density at radius 2 is 1.95 bits per heavy atom. The fourth-order valence-electron chi connectivity index (χ4n) is 2.08. The Labute approximate surface area is 119 Å². The molecule has 0 bridgehead atoms. The monoisotopic (exact) mass is 275 g/mol. The first kappa shape index (κ1) is 14.5. The maximum Gasteiger partial charge on any atom is 0.228 e. The molecule has 1 aliphatic heterocycles. The van der Waals surface area contributed by atoms with Crippen molar-refractivity contribution in [2.24, 2.45) is 11.8 Å². The van der Waals surface area contributed by atoms with Gasteiger partial charge in [-0.15, -0.1) is 0 Å². The number of hydrogen-bond acceptors (Lipinski definition) is 3. The second-order valence-electron chi connectivity index (χ2n) is 5.40. The summed E-state index contributed by atoms with van der Waals surface area (Å²) in [6.07, 6.45) is 0.871. The third kappa shape index (κ3) is 3.81. The Hall–Kier alpha value is -1.88. The van der Waals surface area contributed by atoms with Crippen molar-refractivity contribution >= 4 is 23.2 Å². The van der Waals surface area contributed by atoms with Gasteiger partial charge in [-0.25, -0.2) is 0 Å². The molecule has 1 saturated heterocycles. The number of anilines is 2. The van der Waals surface area contributed by atoms with Crippen LogP contribution in [0.4, 0.5) is 11.4 Å². The highest BCUT2D eigenvalue weighted by molar-refractivity contribution is 5.95. The Morgan fingerprint density at radius 1 is 1.25 bits per heavy atom. The predicted octanol–water partition coefficient (Wildman–Crippen LogP) is 1.83. The normalized spacial score (nSPS) is 18.1. The SMILES string of the molecule is CC(C)C(=O)Nc1cccc(NC(=O)C2CCNC2)c1. The molecule has 0 spiro atoms. The van der Waals surface area contributed by atoms with Crippen LogP contribution >= 0.6 is 0 Å². The zero-order valence-corrected chi connectivity index (χ0v) is 11.9. The highest BCUT2D eigenvalue weighted by Crippen LogP contribution is 2.18. The van der Waals surface area contributed by atoms with Crippen LogP contribution in [0.25, 0.3) is 0 Å². The van der Waals surface area contributed by atoms with E-state index < -0.39 is 0 Å². The summed E-state index contributed by atoms with van der Waals surface area (Å²) >= 11 is 0. The molecule has 5 heteroatoms. The second kappa shape index (κ2) is 6.52. The van der Waals surface area contributed by atoms with Gasteiger partial charge in [-0.3, -0.25) is 9.59 Å². The van der Waals surface area contributed by atoms with Gasteiger partial charge in [0.1, 0.15) is 0 Å². The molecule has 1 aromatic rings. The maximum atomic E-state index is 12.0. The van der Waals surface area contributed by atoms with Gasteiger partial charge in [-0.1, -0.05) is 19.9 Å². The van der Waals surface area contributed by atoms with Crippen LogP contribution in [0.3, 0.4) is 0 Å². The van der Waals surface area contributed by atoms with E-state index in [9.17, 15) is 9.59 Å². The first-order valence-corrected chi connectivity index (χ1v) is 6.99. The second-order valence-corrected chi connectivity index (χ2v) is 5.40. The van der Waals surface area contributed by atoms with E-state index in [0.717, 1.165) is 19.5 Å². The predicted molar refractivity (Wildman–Crippen MR) is 79.5 cm³/mol. The summed E-state index contributed by atoms with van der Waals surface area (Å²) < 4.78 is 0. The van der Waals surface area contributed by atoms with Crippen molar-refractivity contribution in [1.29, 1.82) is 0 Å². The Kier molecular flexibility index (Phi) is 4.74. The van der Waals surface area contributed by atoms with Crippen LogP contribution in [0.15, 0.2) is 24.3 Å². The highest BCUT2D eigenvalue weighted by atomic mass is 16.2. The van der Waals surface area contributed by atoms with Crippen molar-refractivity contribution in [3.8, 4) is 0 Å². The Morgan fingerprint density at radius 3 is 2.55 bits per heavy atom. The molecule has 3 N–H and O–H groups in total. The average Bonchev–Trinajstić information content (AvgIpc) is 2.92. The van der Waals surface area contributed by atoms with E-state index in [0.29, 0.717) is 11.4 Å². The van der Waals surface area contributed by atoms with Crippen molar-refractivity contribution < 1.29 is 9.59 Å². The molecule has 5 nitrogen and oxygen atoms in total. The summed E-state index contributed by atoms with van der Waals surface area (Å²) in [6, 6.07) is 7.23. The molecule has 1 unspecified atom stereocenters. The molecule has 1 fully saturated rings. The fraction of sp³-hybridized carbons (Fsp3) is 0.467. The van der Waals surface area contributed by atoms with Crippen LogP contribution < -0.4 is 16.0 Å². The van der Waals surface area contributed by atoms with Gasteiger partial charge >= 0.3 is 0 Å². The van der Waals surface area contributed by atoms with E-state index in [1.165, 1.54) is 0 Å². The fourth-order valence-corrected chi connectivity index (χ4v) is 2.08. The minimum Gasteiger partial charge on any atom is -0.326 e. The Balaban J connectivity index is 1.98. The van der Waals surface area contributed by atoms with Crippen molar-refractivity contribution in [1.82, 2.24) is 5.32 Å². The first-order chi connectivity index (χ1) is 9.56. The zero-order valence-electron chi connectivity index (χ0n) is 11.9. The van der Waals surface area contributed by atoms with Gasteiger partial charge in [-0.2, -0.15) is 0 Å². The number of carbonyl (C=O) groups excluding carboxylic acids is 2. The molecule has 0 aliphatic carbocycles. The standard InChI is InChI=1S/C15H21N3O2/c1-10(2)14(19)17-12-4-3-5-13(8-12)18-15(20)11-6-7-16-9-11/h3-5,8,10-11,16H,6-7,9H2,1-2H3,(H,17,19)(H,18,20). The zero-order chi connectivity index (χ0) is 14.5. The van der Waals surface area contributed by atoms with Crippen LogP contribution in [-0.2, 0) is 9.59 Å². The highest BCUT2D eigenvalue weighted by Gasteiger charge is 2.22. The molecule has 108 valence electrons. The van der Waals surface area contributed by atoms with E-state index >= 15 is 0 Å². The molecular formula is C15H21N3O2. The third-order valence-corrected chi connectivity index (χ3v) is 3.35. The number of rotatable bonds is 4. The van der Waals surface area contributed by atoms with Crippen molar-refractivity contribution in [3.05, 3.63) is 24.3 Å². The number of nitrogens with one attached hydrogen (secondary N) is 3. The lowest BCUT2D eigenvalue weighted by Gasteiger charge is -2.12. The van der Waals surface area contributed by atoms with Crippen LogP contribution in [0.5, 0.6) is 0 Å². The number of carbonyl (C=O) groups is 2. The Bertz CT molecular complexity index is 494. The summed E-state index contributed by atoms with van der Waals surface area (Å²) in [6.45, 7) is 5.31. The van der Waals surface area contributed by atoms with Gasteiger partial charge in [0.15, 0.2) is 0 Å². The van der Waals surface area contributed by atoms with E-state index in [-0.39, 0.29) is 23.7 Å². The summed E-state index contributed by atoms with van der Waals surface area (Å²) in [7, 11) is 0. The van der Waals surface area contributed by atoms with Crippen molar-refractivity contribution in [2.75, 3.05) is 23.7 Å². The molecular weight excluding hydrogens is 254 g/mol. The topological polar surface area (TPSA) is 70.2 Å². The molecule has 20 heavy (non-hydrogen) atoms. The van der Waals surface area contributed by atoms with Crippen molar-refractivity contribution in [3.63, 3.8) is 0 Å². The third-order valence-electron chi connectivity index (χ3n) is 3.35. The molecule has 2 amide bonds. The molecule has 0 aromatic heterocycles. The van der Waals surface area contributed by atoms with Crippen LogP contribution in [0.1, 0.15) is 20.3 Å². The summed E-state index contributed by atoms with van der Waals surface area (Å²) in [5.41, 5.74) is 1.41. The lowest BCUT2D eigenvalue weighted by Crippen LogP contribution is -2.24. The lowest BCUT2D eigenvalue weighted by atomic mass is 10.1. The van der Waals surface area contributed by atoms with Crippen molar-refractivity contribution in [2.45, 2.75) is 20.3 Å². The van der Waals surface area contributed by atoms with Crippen LogP contribution in [0.2, 0.25) is 0 Å². The van der Waals surface area contributed by atoms with Crippen LogP contribution in [-0.4, -0.2) is 24.9 Å². The van der Waals surface area contributed by atoms with Gasteiger partial charge in [0.2, 0.25) is 11.8 Å². The number of amides is 2. The van der Waals surface area contributed by atoms with E-state index in [1.807, 2.05) is 32.0 Å². The molecule has 1 aromatic carbocycles. The molecule has 0 saturated carbocycles.